The van der Waals surface area contributed by atoms with E-state index < -0.39 is 0 Å². The number of anilines is 1. The quantitative estimate of drug-likeness (QED) is 0.704. The zero-order chi connectivity index (χ0) is 16.9. The van der Waals surface area contributed by atoms with Crippen LogP contribution < -0.4 is 10.1 Å². The number of ether oxygens (including phenoxy) is 1. The predicted molar refractivity (Wildman–Crippen MR) is 97.0 cm³/mol. The van der Waals surface area contributed by atoms with Crippen molar-refractivity contribution in [3.63, 3.8) is 0 Å². The van der Waals surface area contributed by atoms with E-state index in [1.807, 2.05) is 43.3 Å². The van der Waals surface area contributed by atoms with Crippen LogP contribution in [-0.2, 0) is 0 Å². The molecule has 0 radical (unpaired) electrons. The molecule has 2 N–H and O–H groups in total. The molecule has 122 valence electrons. The Labute approximate surface area is 144 Å². The van der Waals surface area contributed by atoms with Gasteiger partial charge in [0.15, 0.2) is 0 Å². The van der Waals surface area contributed by atoms with Gasteiger partial charge in [-0.25, -0.2) is 0 Å². The molecule has 1 amide bonds. The minimum absolute atomic E-state index is 0.157. The minimum Gasteiger partial charge on any atom is -0.508 e. The summed E-state index contributed by atoms with van der Waals surface area (Å²) in [6.45, 7) is 2.54. The molecule has 3 aromatic rings. The van der Waals surface area contributed by atoms with Crippen molar-refractivity contribution in [1.29, 1.82) is 0 Å². The highest BCUT2D eigenvalue weighted by atomic mass is 32.1. The normalized spacial score (nSPS) is 10.4. The summed E-state index contributed by atoms with van der Waals surface area (Å²) in [6.07, 6.45) is 0. The van der Waals surface area contributed by atoms with E-state index in [0.29, 0.717) is 11.5 Å². The van der Waals surface area contributed by atoms with Gasteiger partial charge in [0.2, 0.25) is 0 Å². The topological polar surface area (TPSA) is 58.6 Å². The molecule has 0 unspecified atom stereocenters. The first-order chi connectivity index (χ1) is 11.7. The number of thiophene rings is 1. The zero-order valence-electron chi connectivity index (χ0n) is 13.2. The minimum atomic E-state index is -0.157. The van der Waals surface area contributed by atoms with Gasteiger partial charge in [-0.3, -0.25) is 4.79 Å². The lowest BCUT2D eigenvalue weighted by atomic mass is 10.2. The first kappa shape index (κ1) is 16.1. The number of carbonyl (C=O) groups is 1. The van der Waals surface area contributed by atoms with Gasteiger partial charge in [0.05, 0.1) is 11.5 Å². The van der Waals surface area contributed by atoms with Gasteiger partial charge >= 0.3 is 0 Å². The Morgan fingerprint density at radius 3 is 2.62 bits per heavy atom. The van der Waals surface area contributed by atoms with E-state index in [9.17, 15) is 9.90 Å². The summed E-state index contributed by atoms with van der Waals surface area (Å²) in [5, 5.41) is 12.4. The van der Waals surface area contributed by atoms with Crippen molar-refractivity contribution in [2.75, 3.05) is 11.9 Å². The standard InChI is InChI=1S/C19H17NO3S/c1-2-23-16-8-6-14(7-9-16)20-19(22)18-11-10-17(24-18)13-4-3-5-15(21)12-13/h3-12,21H,2H2,1H3,(H,20,22). The monoisotopic (exact) mass is 339 g/mol. The smallest absolute Gasteiger partial charge is 0.265 e. The summed E-state index contributed by atoms with van der Waals surface area (Å²) in [6, 6.07) is 17.9. The fraction of sp³-hybridized carbons (Fsp3) is 0.105. The van der Waals surface area contributed by atoms with E-state index in [2.05, 4.69) is 5.32 Å². The van der Waals surface area contributed by atoms with E-state index in [4.69, 9.17) is 4.74 Å². The molecule has 0 aliphatic rings. The van der Waals surface area contributed by atoms with Gasteiger partial charge in [0.1, 0.15) is 11.5 Å². The Bertz CT molecular complexity index is 840. The molecule has 0 bridgehead atoms. The molecule has 0 aliphatic carbocycles. The molecule has 3 rings (SSSR count). The van der Waals surface area contributed by atoms with Crippen LogP contribution in [0.15, 0.2) is 60.7 Å². The van der Waals surface area contributed by atoms with Gasteiger partial charge in [-0.1, -0.05) is 12.1 Å². The lowest BCUT2D eigenvalue weighted by Crippen LogP contribution is -2.09. The van der Waals surface area contributed by atoms with E-state index in [0.717, 1.165) is 21.9 Å². The number of hydrogen-bond donors (Lipinski definition) is 2. The predicted octanol–water partition coefficient (Wildman–Crippen LogP) is 4.77. The van der Waals surface area contributed by atoms with Crippen molar-refractivity contribution in [1.82, 2.24) is 0 Å². The van der Waals surface area contributed by atoms with Gasteiger partial charge in [0, 0.05) is 10.6 Å². The van der Waals surface area contributed by atoms with Gasteiger partial charge < -0.3 is 15.2 Å². The largest absolute Gasteiger partial charge is 0.508 e. The van der Waals surface area contributed by atoms with Crippen LogP contribution >= 0.6 is 11.3 Å². The third-order valence-corrected chi connectivity index (χ3v) is 4.52. The van der Waals surface area contributed by atoms with Crippen LogP contribution in [0.5, 0.6) is 11.5 Å². The van der Waals surface area contributed by atoms with Crippen molar-refractivity contribution in [2.45, 2.75) is 6.92 Å². The first-order valence-electron chi connectivity index (χ1n) is 7.59. The van der Waals surface area contributed by atoms with Crippen molar-refractivity contribution in [2.24, 2.45) is 0 Å². The molecule has 0 aliphatic heterocycles. The second-order valence-electron chi connectivity index (χ2n) is 5.13. The third-order valence-electron chi connectivity index (χ3n) is 3.38. The maximum atomic E-state index is 12.4. The average molecular weight is 339 g/mol. The van der Waals surface area contributed by atoms with Crippen molar-refractivity contribution < 1.29 is 14.6 Å². The van der Waals surface area contributed by atoms with Crippen LogP contribution in [0.1, 0.15) is 16.6 Å². The highest BCUT2D eigenvalue weighted by Gasteiger charge is 2.11. The number of rotatable bonds is 5. The Hall–Kier alpha value is -2.79. The van der Waals surface area contributed by atoms with Gasteiger partial charge in [-0.05, 0) is 61.0 Å². The SMILES string of the molecule is CCOc1ccc(NC(=O)c2ccc(-c3cccc(O)c3)s2)cc1. The third kappa shape index (κ3) is 3.75. The zero-order valence-corrected chi connectivity index (χ0v) is 14.0. The summed E-state index contributed by atoms with van der Waals surface area (Å²) < 4.78 is 5.38. The van der Waals surface area contributed by atoms with Crippen molar-refractivity contribution in [3.8, 4) is 21.9 Å². The van der Waals surface area contributed by atoms with E-state index in [1.54, 1.807) is 24.3 Å². The number of aromatic hydroxyl groups is 1. The molecule has 0 saturated carbocycles. The molecule has 2 aromatic carbocycles. The number of phenols is 1. The molecule has 1 heterocycles. The summed E-state index contributed by atoms with van der Waals surface area (Å²) in [5.74, 6) is 0.828. The van der Waals surface area contributed by atoms with E-state index >= 15 is 0 Å². The van der Waals surface area contributed by atoms with Crippen molar-refractivity contribution in [3.05, 3.63) is 65.5 Å². The Morgan fingerprint density at radius 1 is 1.12 bits per heavy atom. The van der Waals surface area contributed by atoms with Gasteiger partial charge in [-0.15, -0.1) is 11.3 Å². The molecule has 0 spiro atoms. The van der Waals surface area contributed by atoms with Gasteiger partial charge in [-0.2, -0.15) is 0 Å². The van der Waals surface area contributed by atoms with Crippen LogP contribution in [0.2, 0.25) is 0 Å². The Morgan fingerprint density at radius 2 is 1.92 bits per heavy atom. The fourth-order valence-electron chi connectivity index (χ4n) is 2.27. The van der Waals surface area contributed by atoms with Crippen LogP contribution in [-0.4, -0.2) is 17.6 Å². The molecule has 5 heteroatoms. The van der Waals surface area contributed by atoms with Crippen LogP contribution in [0.4, 0.5) is 5.69 Å². The molecule has 4 nitrogen and oxygen atoms in total. The van der Waals surface area contributed by atoms with Gasteiger partial charge in [0.25, 0.3) is 5.91 Å². The number of carbonyl (C=O) groups excluding carboxylic acids is 1. The Balaban J connectivity index is 1.71. The molecule has 1 aromatic heterocycles. The maximum absolute atomic E-state index is 12.4. The van der Waals surface area contributed by atoms with Crippen LogP contribution in [0.25, 0.3) is 10.4 Å². The molecule has 24 heavy (non-hydrogen) atoms. The maximum Gasteiger partial charge on any atom is 0.265 e. The average Bonchev–Trinajstić information content (AvgIpc) is 3.07. The number of benzene rings is 2. The van der Waals surface area contributed by atoms with Crippen LogP contribution in [0, 0.1) is 0 Å². The second kappa shape index (κ2) is 7.19. The fourth-order valence-corrected chi connectivity index (χ4v) is 3.17. The molecular formula is C19H17NO3S. The molecular weight excluding hydrogens is 322 g/mol. The summed E-state index contributed by atoms with van der Waals surface area (Å²) in [5.41, 5.74) is 1.61. The molecule has 0 atom stereocenters. The van der Waals surface area contributed by atoms with Crippen LogP contribution in [0.3, 0.4) is 0 Å². The van der Waals surface area contributed by atoms with E-state index in [-0.39, 0.29) is 11.7 Å². The summed E-state index contributed by atoms with van der Waals surface area (Å²) >= 11 is 1.39. The number of phenolic OH excluding ortho intramolecular Hbond substituents is 1. The summed E-state index contributed by atoms with van der Waals surface area (Å²) in [7, 11) is 0. The van der Waals surface area contributed by atoms with Crippen molar-refractivity contribution >= 4 is 22.9 Å². The molecule has 0 fully saturated rings. The number of amides is 1. The highest BCUT2D eigenvalue weighted by molar-refractivity contribution is 7.17. The first-order valence-corrected chi connectivity index (χ1v) is 8.41. The molecule has 0 saturated heterocycles. The Kier molecular flexibility index (Phi) is 4.82. The lowest BCUT2D eigenvalue weighted by molar-refractivity contribution is 0.103. The second-order valence-corrected chi connectivity index (χ2v) is 6.21. The number of hydrogen-bond acceptors (Lipinski definition) is 4. The van der Waals surface area contributed by atoms with E-state index in [1.165, 1.54) is 11.3 Å². The highest BCUT2D eigenvalue weighted by Crippen LogP contribution is 2.30. The lowest BCUT2D eigenvalue weighted by Gasteiger charge is -2.06. The summed E-state index contributed by atoms with van der Waals surface area (Å²) in [4.78, 5) is 13.9. The number of nitrogens with one attached hydrogen (secondary N) is 1.